The van der Waals surface area contributed by atoms with Gasteiger partial charge in [-0.15, -0.1) is 0 Å². The second-order valence-corrected chi connectivity index (χ2v) is 14.4. The summed E-state index contributed by atoms with van der Waals surface area (Å²) in [6.07, 6.45) is -0.964. The fraction of sp³-hybridized carbons (Fsp3) is 0.116. The molecule has 4 aliphatic rings. The SMILES string of the molecule is Cc1nn(-c2ccccc2)c2c1C1=NO[C@](c3ccc(Cl)cc3)(O1)[C@@H]1ON=C(c3c(C)nn(-c4ccccc4)c3Oc3ccc(cc3)O2)[C@H]1c1ccc(Cl)cc1. The zero-order chi connectivity index (χ0) is 38.0. The lowest BCUT2D eigenvalue weighted by molar-refractivity contribution is -0.240. The Balaban J connectivity index is 1.23. The van der Waals surface area contributed by atoms with Crippen molar-refractivity contribution in [2.75, 3.05) is 0 Å². The molecule has 0 amide bonds. The first-order valence-electron chi connectivity index (χ1n) is 17.8. The minimum absolute atomic E-state index is 0.141. The maximum absolute atomic E-state index is 7.03. The lowest BCUT2D eigenvalue weighted by Gasteiger charge is -2.33. The maximum Gasteiger partial charge on any atom is 0.344 e. The summed E-state index contributed by atoms with van der Waals surface area (Å²) in [7, 11) is 0. The lowest BCUT2D eigenvalue weighted by Crippen LogP contribution is -2.46. The molecule has 0 radical (unpaired) electrons. The van der Waals surface area contributed by atoms with Gasteiger partial charge in [-0.25, -0.2) is 0 Å². The number of hydrogen-bond acceptors (Lipinski definition) is 9. The second-order valence-electron chi connectivity index (χ2n) is 13.5. The first kappa shape index (κ1) is 34.0. The van der Waals surface area contributed by atoms with Crippen molar-refractivity contribution in [3.05, 3.63) is 177 Å². The summed E-state index contributed by atoms with van der Waals surface area (Å²) in [6, 6.07) is 41.5. The van der Waals surface area contributed by atoms with E-state index in [1.54, 1.807) is 21.5 Å². The normalized spacial score (nSPS) is 19.4. The van der Waals surface area contributed by atoms with Crippen molar-refractivity contribution in [2.24, 2.45) is 10.3 Å². The Bertz CT molecular complexity index is 2660. The summed E-state index contributed by atoms with van der Waals surface area (Å²) >= 11 is 12.9. The predicted octanol–water partition coefficient (Wildman–Crippen LogP) is 10.0. The number of oxime groups is 2. The Kier molecular flexibility index (Phi) is 8.08. The quantitative estimate of drug-likeness (QED) is 0.175. The molecule has 13 heteroatoms. The van der Waals surface area contributed by atoms with Gasteiger partial charge in [0.15, 0.2) is 0 Å². The van der Waals surface area contributed by atoms with Crippen LogP contribution in [0.5, 0.6) is 23.3 Å². The van der Waals surface area contributed by atoms with Gasteiger partial charge >= 0.3 is 5.79 Å². The molecule has 6 bridgehead atoms. The molecule has 0 unspecified atom stereocenters. The Labute approximate surface area is 330 Å². The molecule has 0 spiro atoms. The molecule has 6 heterocycles. The molecule has 0 aliphatic carbocycles. The zero-order valence-electron chi connectivity index (χ0n) is 29.8. The van der Waals surface area contributed by atoms with Gasteiger partial charge in [-0.2, -0.15) is 19.6 Å². The number of aryl methyl sites for hydroxylation is 2. The van der Waals surface area contributed by atoms with Gasteiger partial charge in [0.2, 0.25) is 17.9 Å². The summed E-state index contributed by atoms with van der Waals surface area (Å²) in [5.41, 5.74) is 5.88. The van der Waals surface area contributed by atoms with Gasteiger partial charge < -0.3 is 23.9 Å². The average Bonchev–Trinajstić information content (AvgIpc) is 4.00. The molecule has 56 heavy (non-hydrogen) atoms. The topological polar surface area (TPSA) is 107 Å². The predicted molar refractivity (Wildman–Crippen MR) is 211 cm³/mol. The van der Waals surface area contributed by atoms with Crippen molar-refractivity contribution < 1.29 is 23.9 Å². The number of ether oxygens (including phenoxy) is 3. The van der Waals surface area contributed by atoms with Gasteiger partial charge in [-0.3, -0.25) is 0 Å². The number of nitrogens with zero attached hydrogens (tertiary/aromatic N) is 6. The molecule has 0 saturated heterocycles. The van der Waals surface area contributed by atoms with E-state index in [2.05, 4.69) is 5.16 Å². The molecule has 7 aromatic rings. The van der Waals surface area contributed by atoms with Crippen LogP contribution < -0.4 is 9.47 Å². The molecule has 0 N–H and O–H groups in total. The van der Waals surface area contributed by atoms with Crippen molar-refractivity contribution in [3.63, 3.8) is 0 Å². The highest BCUT2D eigenvalue weighted by atomic mass is 35.5. The average molecular weight is 782 g/mol. The van der Waals surface area contributed by atoms with E-state index in [4.69, 9.17) is 62.4 Å². The Morgan fingerprint density at radius 3 is 1.68 bits per heavy atom. The molecule has 11 rings (SSSR count). The van der Waals surface area contributed by atoms with E-state index in [1.807, 2.05) is 135 Å². The van der Waals surface area contributed by atoms with Crippen LogP contribution in [0.2, 0.25) is 10.0 Å². The van der Waals surface area contributed by atoms with E-state index in [9.17, 15) is 0 Å². The Morgan fingerprint density at radius 1 is 0.589 bits per heavy atom. The highest BCUT2D eigenvalue weighted by Crippen LogP contribution is 2.50. The second kappa shape index (κ2) is 13.3. The van der Waals surface area contributed by atoms with Gasteiger partial charge in [0.1, 0.15) is 22.8 Å². The molecule has 2 aromatic heterocycles. The number of fused-ring (bicyclic) bond motifs is 2. The fourth-order valence-corrected chi connectivity index (χ4v) is 7.60. The van der Waals surface area contributed by atoms with Crippen LogP contribution in [0.4, 0.5) is 0 Å². The zero-order valence-corrected chi connectivity index (χ0v) is 31.3. The number of rotatable bonds is 4. The third kappa shape index (κ3) is 5.58. The number of hydrogen-bond donors (Lipinski definition) is 0. The van der Waals surface area contributed by atoms with Crippen LogP contribution in [0, 0.1) is 13.8 Å². The molecule has 0 fully saturated rings. The maximum atomic E-state index is 7.03. The minimum atomic E-state index is -1.70. The Hall–Kier alpha value is -6.56. The van der Waals surface area contributed by atoms with Crippen molar-refractivity contribution in [2.45, 2.75) is 31.7 Å². The number of benzene rings is 5. The third-order valence-corrected chi connectivity index (χ3v) is 10.5. The number of aromatic nitrogens is 4. The van der Waals surface area contributed by atoms with Crippen LogP contribution in [0.15, 0.2) is 144 Å². The molecule has 11 nitrogen and oxygen atoms in total. The van der Waals surface area contributed by atoms with Crippen molar-refractivity contribution in [3.8, 4) is 34.6 Å². The molecule has 5 aromatic carbocycles. The van der Waals surface area contributed by atoms with E-state index in [0.717, 1.165) is 16.9 Å². The van der Waals surface area contributed by atoms with Crippen molar-refractivity contribution >= 4 is 34.8 Å². The number of halogens is 2. The van der Waals surface area contributed by atoms with Crippen LogP contribution in [-0.2, 0) is 20.2 Å². The van der Waals surface area contributed by atoms with E-state index in [0.29, 0.717) is 67.1 Å². The van der Waals surface area contributed by atoms with E-state index < -0.39 is 17.8 Å². The standard InChI is InChI=1S/C43H30Cl2N6O5/c1-25-35-38-37(27-13-17-29(44)18-14-27)39(55-48-38)43(28-15-19-30(45)20-16-28)54-40(49-56-43)36-26(2)47-51(32-11-7-4-8-12-32)42(36)53-34-23-21-33(22-24-34)52-41(35)50(46-25)31-9-5-3-6-10-31/h3-24,37,39H,1-2H3/t37-,39-,43+/m1/s1. The summed E-state index contributed by atoms with van der Waals surface area (Å²) in [5.74, 6) is -0.327. The first-order valence-corrected chi connectivity index (χ1v) is 18.6. The van der Waals surface area contributed by atoms with E-state index in [-0.39, 0.29) is 5.90 Å². The summed E-state index contributed by atoms with van der Waals surface area (Å²) in [4.78, 5) is 13.1. The highest BCUT2D eigenvalue weighted by Gasteiger charge is 2.60. The largest absolute Gasteiger partial charge is 0.438 e. The van der Waals surface area contributed by atoms with Crippen LogP contribution in [0.3, 0.4) is 0 Å². The highest BCUT2D eigenvalue weighted by molar-refractivity contribution is 6.30. The summed E-state index contributed by atoms with van der Waals surface area (Å²) < 4.78 is 24.0. The van der Waals surface area contributed by atoms with Crippen molar-refractivity contribution in [1.82, 2.24) is 19.6 Å². The molecule has 4 aliphatic heterocycles. The number of para-hydroxylation sites is 2. The molecular weight excluding hydrogens is 751 g/mol. The van der Waals surface area contributed by atoms with Gasteiger partial charge in [0, 0.05) is 15.6 Å². The van der Waals surface area contributed by atoms with Crippen LogP contribution >= 0.6 is 23.2 Å². The Morgan fingerprint density at radius 2 is 1.11 bits per heavy atom. The molecule has 0 saturated carbocycles. The van der Waals surface area contributed by atoms with E-state index >= 15 is 0 Å². The smallest absolute Gasteiger partial charge is 0.344 e. The van der Waals surface area contributed by atoms with Gasteiger partial charge in [0.25, 0.3) is 5.90 Å². The molecule has 276 valence electrons. The van der Waals surface area contributed by atoms with Crippen LogP contribution in [-0.4, -0.2) is 37.3 Å². The third-order valence-electron chi connectivity index (χ3n) is 9.99. The first-order chi connectivity index (χ1) is 27.4. The van der Waals surface area contributed by atoms with E-state index in [1.165, 1.54) is 0 Å². The van der Waals surface area contributed by atoms with Gasteiger partial charge in [-0.1, -0.05) is 76.9 Å². The van der Waals surface area contributed by atoms with Crippen molar-refractivity contribution in [1.29, 1.82) is 0 Å². The fourth-order valence-electron chi connectivity index (χ4n) is 7.35. The molecular formula is C43H30Cl2N6O5. The van der Waals surface area contributed by atoms with Gasteiger partial charge in [-0.05, 0) is 109 Å². The van der Waals surface area contributed by atoms with Gasteiger partial charge in [0.05, 0.1) is 34.2 Å². The summed E-state index contributed by atoms with van der Waals surface area (Å²) in [5, 5.41) is 20.5. The summed E-state index contributed by atoms with van der Waals surface area (Å²) in [6.45, 7) is 3.78. The monoisotopic (exact) mass is 780 g/mol. The molecule has 3 atom stereocenters. The van der Waals surface area contributed by atoms with Crippen LogP contribution in [0.25, 0.3) is 11.4 Å². The van der Waals surface area contributed by atoms with Crippen LogP contribution in [0.1, 0.15) is 39.6 Å². The lowest BCUT2D eigenvalue weighted by atomic mass is 9.80. The minimum Gasteiger partial charge on any atom is -0.438 e.